The van der Waals surface area contributed by atoms with Crippen molar-refractivity contribution >= 4 is 17.9 Å². The highest BCUT2D eigenvalue weighted by Crippen LogP contribution is 2.32. The van der Waals surface area contributed by atoms with Gasteiger partial charge >= 0.3 is 35.0 Å². The predicted molar refractivity (Wildman–Crippen MR) is 190 cm³/mol. The fourth-order valence-corrected chi connectivity index (χ4v) is 9.08. The topological polar surface area (TPSA) is 181 Å². The van der Waals surface area contributed by atoms with Gasteiger partial charge in [0.05, 0.1) is 0 Å². The molecule has 0 unspecified atom stereocenters. The van der Waals surface area contributed by atoms with Crippen LogP contribution in [-0.2, 0) is 48.2 Å². The molecule has 3 fully saturated rings. The highest BCUT2D eigenvalue weighted by atomic mass is 16.6. The second kappa shape index (κ2) is 13.9. The van der Waals surface area contributed by atoms with E-state index in [4.69, 9.17) is 14.2 Å². The molecule has 15 nitrogen and oxygen atoms in total. The van der Waals surface area contributed by atoms with Gasteiger partial charge in [0.25, 0.3) is 0 Å². The number of esters is 3. The number of ether oxygens (including phenoxy) is 3. The van der Waals surface area contributed by atoms with Crippen LogP contribution in [0.15, 0.2) is 14.4 Å². The van der Waals surface area contributed by atoms with Crippen LogP contribution < -0.4 is 33.0 Å². The maximum absolute atomic E-state index is 13.7. The molecule has 0 amide bonds. The van der Waals surface area contributed by atoms with Crippen molar-refractivity contribution < 1.29 is 28.6 Å². The Kier molecular flexibility index (Phi) is 11.0. The predicted octanol–water partition coefficient (Wildman–Crippen LogP) is 1.73. The molecule has 0 spiro atoms. The lowest BCUT2D eigenvalue weighted by Gasteiger charge is -2.45. The van der Waals surface area contributed by atoms with Gasteiger partial charge in [0.1, 0.15) is 37.9 Å². The lowest BCUT2D eigenvalue weighted by Crippen LogP contribution is -2.60. The van der Waals surface area contributed by atoms with Crippen LogP contribution in [-0.4, -0.2) is 83.2 Å². The van der Waals surface area contributed by atoms with Gasteiger partial charge in [-0.25, -0.2) is 28.1 Å². The van der Waals surface area contributed by atoms with Crippen molar-refractivity contribution in [1.82, 2.24) is 29.7 Å². The van der Waals surface area contributed by atoms with E-state index in [1.54, 1.807) is 0 Å². The third kappa shape index (κ3) is 10.9. The molecule has 288 valence electrons. The van der Waals surface area contributed by atoms with E-state index < -0.39 is 72.9 Å². The average molecular weight is 721 g/mol. The van der Waals surface area contributed by atoms with Gasteiger partial charge in [0.15, 0.2) is 0 Å². The molecule has 0 saturated carbocycles. The van der Waals surface area contributed by atoms with Crippen molar-refractivity contribution in [1.29, 1.82) is 0 Å². The maximum atomic E-state index is 13.7. The minimum atomic E-state index is -1.19. The zero-order chi connectivity index (χ0) is 38.5. The molecule has 0 aromatic carbocycles. The Balaban J connectivity index is 1.63. The highest BCUT2D eigenvalue weighted by molar-refractivity contribution is 5.71. The standard InChI is InChI=1S/C36H60N6O9/c1-31(2)13-22(14-32(3,4)37-31)49-25(43)19-40-28(46)41(20-26(44)50-23-15-33(5,6)38-34(7,8)16-23)30(48)42(29(40)47)21-27(45)51-24-17-35(9,10)39-36(11,12)18-24/h22-24,37-39H,13-21H2,1-12H3. The first-order valence-electron chi connectivity index (χ1n) is 18.0. The molecule has 15 heteroatoms. The average Bonchev–Trinajstić information content (AvgIpc) is 2.86. The number of rotatable bonds is 9. The Morgan fingerprint density at radius 1 is 0.451 bits per heavy atom. The lowest BCUT2D eigenvalue weighted by molar-refractivity contribution is -0.154. The van der Waals surface area contributed by atoms with Gasteiger partial charge in [0.2, 0.25) is 0 Å². The zero-order valence-electron chi connectivity index (χ0n) is 32.6. The van der Waals surface area contributed by atoms with E-state index in [0.29, 0.717) is 52.2 Å². The molecule has 3 saturated heterocycles. The van der Waals surface area contributed by atoms with E-state index in [-0.39, 0.29) is 33.2 Å². The van der Waals surface area contributed by atoms with E-state index in [9.17, 15) is 28.8 Å². The largest absolute Gasteiger partial charge is 0.461 e. The quantitative estimate of drug-likeness (QED) is 0.249. The van der Waals surface area contributed by atoms with Crippen LogP contribution in [0.25, 0.3) is 0 Å². The first kappa shape index (κ1) is 40.5. The molecular weight excluding hydrogens is 660 g/mol. The summed E-state index contributed by atoms with van der Waals surface area (Å²) in [7, 11) is 0. The van der Waals surface area contributed by atoms with Crippen LogP contribution in [0.5, 0.6) is 0 Å². The van der Waals surface area contributed by atoms with Gasteiger partial charge in [-0.1, -0.05) is 0 Å². The molecule has 4 rings (SSSR count). The normalized spacial score (nSPS) is 24.0. The number of nitrogens with zero attached hydrogens (tertiary/aromatic N) is 3. The minimum Gasteiger partial charge on any atom is -0.461 e. The van der Waals surface area contributed by atoms with Gasteiger partial charge in [-0.3, -0.25) is 14.4 Å². The molecule has 4 heterocycles. The summed E-state index contributed by atoms with van der Waals surface area (Å²) in [6, 6.07) is 0. The van der Waals surface area contributed by atoms with Crippen molar-refractivity contribution in [3.05, 3.63) is 31.5 Å². The number of aromatic nitrogens is 3. The van der Waals surface area contributed by atoms with Crippen molar-refractivity contribution in [2.75, 3.05) is 0 Å². The Hall–Kier alpha value is -3.30. The van der Waals surface area contributed by atoms with E-state index in [2.05, 4.69) is 16.0 Å². The fraction of sp³-hybridized carbons (Fsp3) is 0.833. The number of nitrogens with one attached hydrogen (secondary N) is 3. The molecule has 1 aromatic rings. The van der Waals surface area contributed by atoms with Crippen molar-refractivity contribution in [3.8, 4) is 0 Å². The SMILES string of the molecule is CC1(C)CC(OC(=O)Cn2c(=O)n(CC(=O)OC3CC(C)(C)NC(C)(C)C3)c(=O)n(CC(=O)OC3CC(C)(C)NC(C)(C)C3)c2=O)CC(C)(C)N1. The molecule has 3 aliphatic rings. The van der Waals surface area contributed by atoms with Crippen LogP contribution in [0, 0.1) is 0 Å². The van der Waals surface area contributed by atoms with Gasteiger partial charge in [-0.2, -0.15) is 0 Å². The Morgan fingerprint density at radius 3 is 0.804 bits per heavy atom. The fourth-order valence-electron chi connectivity index (χ4n) is 9.08. The summed E-state index contributed by atoms with van der Waals surface area (Å²) in [5.41, 5.74) is -5.65. The van der Waals surface area contributed by atoms with Gasteiger partial charge in [0, 0.05) is 71.8 Å². The van der Waals surface area contributed by atoms with Gasteiger partial charge < -0.3 is 30.2 Å². The summed E-state index contributed by atoms with van der Waals surface area (Å²) in [6.07, 6.45) is 1.44. The molecule has 0 radical (unpaired) electrons. The number of hydrogen-bond acceptors (Lipinski definition) is 12. The number of hydrogen-bond donors (Lipinski definition) is 3. The van der Waals surface area contributed by atoms with Gasteiger partial charge in [-0.15, -0.1) is 0 Å². The Bertz CT molecular complexity index is 1420. The summed E-state index contributed by atoms with van der Waals surface area (Å²) in [5, 5.41) is 10.5. The summed E-state index contributed by atoms with van der Waals surface area (Å²) in [5.74, 6) is -2.60. The summed E-state index contributed by atoms with van der Waals surface area (Å²) < 4.78 is 18.8. The minimum absolute atomic E-state index is 0.345. The first-order chi connectivity index (χ1) is 23.1. The third-order valence-corrected chi connectivity index (χ3v) is 9.60. The van der Waals surface area contributed by atoms with Gasteiger partial charge in [-0.05, 0) is 83.1 Å². The van der Waals surface area contributed by atoms with Crippen LogP contribution >= 0.6 is 0 Å². The number of carbonyl (C=O) groups excluding carboxylic acids is 3. The molecular formula is C36H60N6O9. The summed E-state index contributed by atoms with van der Waals surface area (Å²) >= 11 is 0. The van der Waals surface area contributed by atoms with Crippen LogP contribution in [0.2, 0.25) is 0 Å². The summed E-state index contributed by atoms with van der Waals surface area (Å²) in [6.45, 7) is 21.4. The molecule has 0 aliphatic carbocycles. The first-order valence-corrected chi connectivity index (χ1v) is 18.0. The zero-order valence-corrected chi connectivity index (χ0v) is 32.6. The van der Waals surface area contributed by atoms with E-state index in [1.807, 2.05) is 83.1 Å². The summed E-state index contributed by atoms with van der Waals surface area (Å²) in [4.78, 5) is 81.1. The van der Waals surface area contributed by atoms with Crippen LogP contribution in [0.3, 0.4) is 0 Å². The third-order valence-electron chi connectivity index (χ3n) is 9.60. The van der Waals surface area contributed by atoms with Crippen molar-refractivity contribution in [2.45, 2.75) is 193 Å². The van der Waals surface area contributed by atoms with E-state index >= 15 is 0 Å². The second-order valence-corrected chi connectivity index (χ2v) is 18.8. The molecule has 3 N–H and O–H groups in total. The second-order valence-electron chi connectivity index (χ2n) is 18.8. The lowest BCUT2D eigenvalue weighted by atomic mass is 9.81. The molecule has 51 heavy (non-hydrogen) atoms. The van der Waals surface area contributed by atoms with E-state index in [0.717, 1.165) is 0 Å². The number of carbonyl (C=O) groups is 3. The van der Waals surface area contributed by atoms with Crippen LogP contribution in [0.1, 0.15) is 122 Å². The number of piperidine rings is 3. The molecule has 0 bridgehead atoms. The smallest absolute Gasteiger partial charge is 0.337 e. The van der Waals surface area contributed by atoms with Crippen molar-refractivity contribution in [2.24, 2.45) is 0 Å². The van der Waals surface area contributed by atoms with Crippen molar-refractivity contribution in [3.63, 3.8) is 0 Å². The highest BCUT2D eigenvalue weighted by Gasteiger charge is 2.42. The Labute approximate surface area is 300 Å². The Morgan fingerprint density at radius 2 is 0.627 bits per heavy atom. The van der Waals surface area contributed by atoms with E-state index in [1.165, 1.54) is 0 Å². The molecule has 3 aliphatic heterocycles. The maximum Gasteiger partial charge on any atom is 0.337 e. The van der Waals surface area contributed by atoms with Crippen LogP contribution in [0.4, 0.5) is 0 Å². The molecule has 1 aromatic heterocycles. The molecule has 0 atom stereocenters. The monoisotopic (exact) mass is 720 g/mol.